The largest absolute Gasteiger partial charge is 0.375 e. The summed E-state index contributed by atoms with van der Waals surface area (Å²) in [6.45, 7) is 8.59. The number of rotatable bonds is 4. The summed E-state index contributed by atoms with van der Waals surface area (Å²) in [5.41, 5.74) is 1.56. The fourth-order valence-corrected chi connectivity index (χ4v) is 3.24. The van der Waals surface area contributed by atoms with Crippen LogP contribution >= 0.6 is 0 Å². The summed E-state index contributed by atoms with van der Waals surface area (Å²) in [6.07, 6.45) is 2.35. The first-order chi connectivity index (χ1) is 11.8. The van der Waals surface area contributed by atoms with Gasteiger partial charge in [0.15, 0.2) is 5.69 Å². The second-order valence-corrected chi connectivity index (χ2v) is 7.92. The molecule has 1 aliphatic heterocycles. The summed E-state index contributed by atoms with van der Waals surface area (Å²) >= 11 is 0. The highest BCUT2D eigenvalue weighted by Gasteiger charge is 2.34. The minimum atomic E-state index is -0.137. The maximum Gasteiger partial charge on any atom is 0.274 e. The molecule has 0 spiro atoms. The summed E-state index contributed by atoms with van der Waals surface area (Å²) in [5, 5.41) is 4.63. The van der Waals surface area contributed by atoms with E-state index < -0.39 is 0 Å². The molecule has 1 aromatic heterocycles. The number of carbonyl (C=O) groups is 2. The van der Waals surface area contributed by atoms with Gasteiger partial charge in [0.25, 0.3) is 5.91 Å². The highest BCUT2D eigenvalue weighted by molar-refractivity contribution is 5.92. The molecule has 3 rings (SSSR count). The molecule has 0 atom stereocenters. The highest BCUT2D eigenvalue weighted by Crippen LogP contribution is 2.41. The zero-order valence-electron chi connectivity index (χ0n) is 15.6. The molecular formula is C18H28N4O3. The standard InChI is InChI=1S/C18H28N4O3/c1-18(2,3)22-15(13-5-6-13)11-14(19-22)17(24)21-9-7-20(8-10-21)16(23)12-25-4/h11,13H,5-10,12H2,1-4H3. The van der Waals surface area contributed by atoms with Gasteiger partial charge in [0.05, 0.1) is 5.54 Å². The number of nitrogens with zero attached hydrogens (tertiary/aromatic N) is 4. The van der Waals surface area contributed by atoms with E-state index >= 15 is 0 Å². The van der Waals surface area contributed by atoms with Crippen molar-refractivity contribution in [2.45, 2.75) is 45.1 Å². The van der Waals surface area contributed by atoms with Gasteiger partial charge in [-0.2, -0.15) is 5.10 Å². The number of hydrogen-bond acceptors (Lipinski definition) is 4. The molecule has 7 nitrogen and oxygen atoms in total. The van der Waals surface area contributed by atoms with Gasteiger partial charge in [-0.25, -0.2) is 0 Å². The van der Waals surface area contributed by atoms with E-state index in [-0.39, 0.29) is 24.0 Å². The number of piperazine rings is 1. The van der Waals surface area contributed by atoms with Crippen LogP contribution in [0.25, 0.3) is 0 Å². The van der Waals surface area contributed by atoms with Crippen LogP contribution < -0.4 is 0 Å². The third-order valence-corrected chi connectivity index (χ3v) is 4.77. The lowest BCUT2D eigenvalue weighted by Gasteiger charge is -2.34. The van der Waals surface area contributed by atoms with Crippen LogP contribution in [-0.2, 0) is 15.1 Å². The molecule has 0 radical (unpaired) electrons. The van der Waals surface area contributed by atoms with Crippen LogP contribution in [0.5, 0.6) is 0 Å². The predicted molar refractivity (Wildman–Crippen MR) is 93.6 cm³/mol. The van der Waals surface area contributed by atoms with Crippen LogP contribution in [0.1, 0.15) is 55.7 Å². The van der Waals surface area contributed by atoms with E-state index in [1.807, 2.05) is 10.7 Å². The molecular weight excluding hydrogens is 320 g/mol. The number of carbonyl (C=O) groups excluding carboxylic acids is 2. The minimum absolute atomic E-state index is 0.0253. The summed E-state index contributed by atoms with van der Waals surface area (Å²) in [4.78, 5) is 28.3. The molecule has 2 fully saturated rings. The van der Waals surface area contributed by atoms with Crippen LogP contribution in [0.3, 0.4) is 0 Å². The first kappa shape index (κ1) is 17.9. The first-order valence-electron chi connectivity index (χ1n) is 8.97. The van der Waals surface area contributed by atoms with Gasteiger partial charge in [0.2, 0.25) is 5.91 Å². The molecule has 138 valence electrons. The molecule has 1 saturated carbocycles. The Balaban J connectivity index is 1.69. The summed E-state index contributed by atoms with van der Waals surface area (Å²) in [7, 11) is 1.51. The molecule has 2 heterocycles. The summed E-state index contributed by atoms with van der Waals surface area (Å²) < 4.78 is 6.90. The van der Waals surface area contributed by atoms with E-state index in [1.54, 1.807) is 9.80 Å². The number of methoxy groups -OCH3 is 1. The number of ether oxygens (including phenoxy) is 1. The molecule has 1 aromatic rings. The molecule has 0 bridgehead atoms. The van der Waals surface area contributed by atoms with Gasteiger partial charge in [0.1, 0.15) is 6.61 Å². The van der Waals surface area contributed by atoms with Crippen LogP contribution in [-0.4, -0.2) is 71.3 Å². The van der Waals surface area contributed by atoms with Crippen molar-refractivity contribution in [3.05, 3.63) is 17.5 Å². The summed E-state index contributed by atoms with van der Waals surface area (Å²) in [5.74, 6) is 0.475. The van der Waals surface area contributed by atoms with Crippen molar-refractivity contribution in [1.29, 1.82) is 0 Å². The Hall–Kier alpha value is -1.89. The molecule has 7 heteroatoms. The zero-order valence-corrected chi connectivity index (χ0v) is 15.6. The van der Waals surface area contributed by atoms with Crippen LogP contribution in [0, 0.1) is 0 Å². The molecule has 1 aliphatic carbocycles. The topological polar surface area (TPSA) is 67.7 Å². The SMILES string of the molecule is COCC(=O)N1CCN(C(=O)c2cc(C3CC3)n(C(C)(C)C)n2)CC1. The van der Waals surface area contributed by atoms with Crippen molar-refractivity contribution in [2.75, 3.05) is 39.9 Å². The second-order valence-electron chi connectivity index (χ2n) is 7.92. The Labute approximate surface area is 148 Å². The lowest BCUT2D eigenvalue weighted by Crippen LogP contribution is -2.51. The van der Waals surface area contributed by atoms with Gasteiger partial charge < -0.3 is 14.5 Å². The monoisotopic (exact) mass is 348 g/mol. The van der Waals surface area contributed by atoms with E-state index in [9.17, 15) is 9.59 Å². The Morgan fingerprint density at radius 1 is 1.16 bits per heavy atom. The average molecular weight is 348 g/mol. The second kappa shape index (κ2) is 6.78. The molecule has 0 aromatic carbocycles. The van der Waals surface area contributed by atoms with Gasteiger partial charge in [-0.3, -0.25) is 14.3 Å². The minimum Gasteiger partial charge on any atom is -0.375 e. The third-order valence-electron chi connectivity index (χ3n) is 4.77. The Morgan fingerprint density at radius 3 is 2.28 bits per heavy atom. The van der Waals surface area contributed by atoms with Crippen LogP contribution in [0.4, 0.5) is 0 Å². The normalized spacial score (nSPS) is 18.6. The molecule has 2 amide bonds. The van der Waals surface area contributed by atoms with E-state index in [2.05, 4.69) is 25.9 Å². The van der Waals surface area contributed by atoms with Crippen molar-refractivity contribution >= 4 is 11.8 Å². The maximum atomic E-state index is 12.9. The fraction of sp³-hybridized carbons (Fsp3) is 0.722. The number of amides is 2. The predicted octanol–water partition coefficient (Wildman–Crippen LogP) is 1.45. The van der Waals surface area contributed by atoms with Crippen molar-refractivity contribution < 1.29 is 14.3 Å². The van der Waals surface area contributed by atoms with E-state index in [1.165, 1.54) is 25.6 Å². The molecule has 25 heavy (non-hydrogen) atoms. The number of hydrogen-bond donors (Lipinski definition) is 0. The van der Waals surface area contributed by atoms with Crippen molar-refractivity contribution in [3.8, 4) is 0 Å². The highest BCUT2D eigenvalue weighted by atomic mass is 16.5. The lowest BCUT2D eigenvalue weighted by molar-refractivity contribution is -0.136. The molecule has 0 unspecified atom stereocenters. The van der Waals surface area contributed by atoms with E-state index in [0.29, 0.717) is 37.8 Å². The van der Waals surface area contributed by atoms with Gasteiger partial charge in [-0.05, 0) is 39.7 Å². The van der Waals surface area contributed by atoms with Gasteiger partial charge in [0, 0.05) is 44.9 Å². The number of aromatic nitrogens is 2. The fourth-order valence-electron chi connectivity index (χ4n) is 3.24. The molecule has 2 aliphatic rings. The van der Waals surface area contributed by atoms with E-state index in [0.717, 1.165) is 0 Å². The third kappa shape index (κ3) is 3.86. The van der Waals surface area contributed by atoms with Gasteiger partial charge in [-0.1, -0.05) is 0 Å². The van der Waals surface area contributed by atoms with E-state index in [4.69, 9.17) is 4.74 Å². The Kier molecular flexibility index (Phi) is 4.86. The first-order valence-corrected chi connectivity index (χ1v) is 8.97. The zero-order chi connectivity index (χ0) is 18.2. The van der Waals surface area contributed by atoms with Crippen molar-refractivity contribution in [3.63, 3.8) is 0 Å². The van der Waals surface area contributed by atoms with Crippen LogP contribution in [0.2, 0.25) is 0 Å². The van der Waals surface area contributed by atoms with Crippen molar-refractivity contribution in [1.82, 2.24) is 19.6 Å². The molecule has 1 saturated heterocycles. The maximum absolute atomic E-state index is 12.9. The Bertz CT molecular complexity index is 650. The summed E-state index contributed by atoms with van der Waals surface area (Å²) in [6, 6.07) is 1.97. The van der Waals surface area contributed by atoms with Crippen molar-refractivity contribution in [2.24, 2.45) is 0 Å². The quantitative estimate of drug-likeness (QED) is 0.826. The van der Waals surface area contributed by atoms with Gasteiger partial charge in [-0.15, -0.1) is 0 Å². The van der Waals surface area contributed by atoms with Gasteiger partial charge >= 0.3 is 0 Å². The molecule has 0 N–H and O–H groups in total. The lowest BCUT2D eigenvalue weighted by atomic mass is 10.1. The van der Waals surface area contributed by atoms with Crippen LogP contribution in [0.15, 0.2) is 6.07 Å². The smallest absolute Gasteiger partial charge is 0.274 e. The Morgan fingerprint density at radius 2 is 1.76 bits per heavy atom. The average Bonchev–Trinajstić information content (AvgIpc) is 3.31.